The Morgan fingerprint density at radius 3 is 2.65 bits per heavy atom. The van der Waals surface area contributed by atoms with Crippen molar-refractivity contribution in [3.8, 4) is 0 Å². The summed E-state index contributed by atoms with van der Waals surface area (Å²) in [5, 5.41) is 2.95. The fourth-order valence-electron chi connectivity index (χ4n) is 2.98. The van der Waals surface area contributed by atoms with E-state index in [4.69, 9.17) is 4.74 Å². The number of allylic oxidation sites excluding steroid dienone is 2. The molecule has 1 N–H and O–H groups in total. The van der Waals surface area contributed by atoms with Gasteiger partial charge in [0.15, 0.2) is 0 Å². The number of para-hydroxylation sites is 1. The van der Waals surface area contributed by atoms with Gasteiger partial charge in [-0.25, -0.2) is 0 Å². The second-order valence-electron chi connectivity index (χ2n) is 5.92. The third-order valence-corrected chi connectivity index (χ3v) is 4.35. The molecule has 1 fully saturated rings. The quantitative estimate of drug-likeness (QED) is 0.872. The van der Waals surface area contributed by atoms with Crippen molar-refractivity contribution in [3.63, 3.8) is 0 Å². The van der Waals surface area contributed by atoms with Crippen LogP contribution in [0, 0.1) is 5.92 Å². The van der Waals surface area contributed by atoms with Crippen molar-refractivity contribution >= 4 is 17.5 Å². The predicted octanol–water partition coefficient (Wildman–Crippen LogP) is 2.45. The summed E-state index contributed by atoms with van der Waals surface area (Å²) >= 11 is 0. The molecular weight excluding hydrogens is 292 g/mol. The Kier molecular flexibility index (Phi) is 5.08. The third-order valence-electron chi connectivity index (χ3n) is 4.35. The number of ether oxygens (including phenoxy) is 1. The summed E-state index contributed by atoms with van der Waals surface area (Å²) in [5.41, 5.74) is 1.15. The average molecular weight is 314 g/mol. The van der Waals surface area contributed by atoms with Gasteiger partial charge in [-0.3, -0.25) is 9.59 Å². The number of nitrogens with one attached hydrogen (secondary N) is 1. The Morgan fingerprint density at radius 1 is 1.13 bits per heavy atom. The molecule has 1 unspecified atom stereocenters. The third kappa shape index (κ3) is 3.79. The molecule has 1 aromatic rings. The van der Waals surface area contributed by atoms with Crippen LogP contribution in [0.5, 0.6) is 0 Å². The van der Waals surface area contributed by atoms with E-state index in [0.29, 0.717) is 37.6 Å². The van der Waals surface area contributed by atoms with Crippen molar-refractivity contribution < 1.29 is 14.3 Å². The largest absolute Gasteiger partial charge is 0.378 e. The zero-order chi connectivity index (χ0) is 16.1. The van der Waals surface area contributed by atoms with Crippen LogP contribution in [-0.4, -0.2) is 43.0 Å². The highest BCUT2D eigenvalue weighted by Crippen LogP contribution is 2.23. The summed E-state index contributed by atoms with van der Waals surface area (Å²) in [6, 6.07) is 7.23. The molecule has 1 aliphatic carbocycles. The number of hydrogen-bond donors (Lipinski definition) is 1. The maximum atomic E-state index is 12.7. The molecule has 2 aliphatic rings. The molecule has 5 heteroatoms. The van der Waals surface area contributed by atoms with E-state index in [1.807, 2.05) is 12.1 Å². The van der Waals surface area contributed by atoms with Gasteiger partial charge in [0.05, 0.1) is 24.5 Å². The summed E-state index contributed by atoms with van der Waals surface area (Å²) in [4.78, 5) is 26.9. The molecule has 0 bridgehead atoms. The Morgan fingerprint density at radius 2 is 1.91 bits per heavy atom. The minimum absolute atomic E-state index is 0.00317. The first-order valence-corrected chi connectivity index (χ1v) is 8.17. The predicted molar refractivity (Wildman–Crippen MR) is 88.3 cm³/mol. The van der Waals surface area contributed by atoms with Crippen molar-refractivity contribution in [2.75, 3.05) is 31.6 Å². The SMILES string of the molecule is O=C(Nc1ccccc1C(=O)N1CCOCC1)C1CC=CCC1. The lowest BCUT2D eigenvalue weighted by molar-refractivity contribution is -0.120. The molecule has 5 nitrogen and oxygen atoms in total. The van der Waals surface area contributed by atoms with Gasteiger partial charge in [0, 0.05) is 19.0 Å². The monoisotopic (exact) mass is 314 g/mol. The molecule has 0 spiro atoms. The molecule has 122 valence electrons. The number of nitrogens with zero attached hydrogens (tertiary/aromatic N) is 1. The van der Waals surface area contributed by atoms with Crippen LogP contribution in [0.4, 0.5) is 5.69 Å². The van der Waals surface area contributed by atoms with Crippen LogP contribution < -0.4 is 5.32 Å². The number of morpholine rings is 1. The Labute approximate surface area is 136 Å². The lowest BCUT2D eigenvalue weighted by atomic mass is 9.93. The molecule has 0 radical (unpaired) electrons. The van der Waals surface area contributed by atoms with Crippen LogP contribution in [0.25, 0.3) is 0 Å². The van der Waals surface area contributed by atoms with Crippen molar-refractivity contribution in [1.82, 2.24) is 4.90 Å². The van der Waals surface area contributed by atoms with Crippen LogP contribution in [-0.2, 0) is 9.53 Å². The van der Waals surface area contributed by atoms with E-state index in [1.54, 1.807) is 17.0 Å². The van der Waals surface area contributed by atoms with Crippen molar-refractivity contribution in [2.45, 2.75) is 19.3 Å². The van der Waals surface area contributed by atoms with Gasteiger partial charge in [0.25, 0.3) is 5.91 Å². The minimum Gasteiger partial charge on any atom is -0.378 e. The summed E-state index contributed by atoms with van der Waals surface area (Å²) in [5.74, 6) is -0.0594. The molecule has 1 heterocycles. The smallest absolute Gasteiger partial charge is 0.256 e. The number of carbonyl (C=O) groups excluding carboxylic acids is 2. The summed E-state index contributed by atoms with van der Waals surface area (Å²) in [7, 11) is 0. The fourth-order valence-corrected chi connectivity index (χ4v) is 2.98. The van der Waals surface area contributed by atoms with Gasteiger partial charge in [0.1, 0.15) is 0 Å². The van der Waals surface area contributed by atoms with Crippen molar-refractivity contribution in [2.24, 2.45) is 5.92 Å². The Hall–Kier alpha value is -2.14. The number of hydrogen-bond acceptors (Lipinski definition) is 3. The molecule has 3 rings (SSSR count). The Bertz CT molecular complexity index is 606. The first-order chi connectivity index (χ1) is 11.3. The second-order valence-corrected chi connectivity index (χ2v) is 5.92. The Balaban J connectivity index is 1.73. The highest BCUT2D eigenvalue weighted by atomic mass is 16.5. The van der Waals surface area contributed by atoms with Gasteiger partial charge in [-0.05, 0) is 31.4 Å². The number of rotatable bonds is 3. The van der Waals surface area contributed by atoms with Crippen LogP contribution in [0.2, 0.25) is 0 Å². The highest BCUT2D eigenvalue weighted by Gasteiger charge is 2.23. The number of anilines is 1. The van der Waals surface area contributed by atoms with Gasteiger partial charge in [0.2, 0.25) is 5.91 Å². The molecule has 1 saturated heterocycles. The summed E-state index contributed by atoms with van der Waals surface area (Å²) in [6.45, 7) is 2.31. The molecular formula is C18H22N2O3. The maximum absolute atomic E-state index is 12.7. The molecule has 2 amide bonds. The standard InChI is InChI=1S/C18H22N2O3/c21-17(14-6-2-1-3-7-14)19-16-9-5-4-8-15(16)18(22)20-10-12-23-13-11-20/h1-2,4-5,8-9,14H,3,6-7,10-13H2,(H,19,21). The minimum atomic E-state index is -0.0484. The number of carbonyl (C=O) groups is 2. The normalized spacial score (nSPS) is 21.0. The van der Waals surface area contributed by atoms with Gasteiger partial charge < -0.3 is 15.0 Å². The van der Waals surface area contributed by atoms with Crippen LogP contribution >= 0.6 is 0 Å². The molecule has 0 saturated carbocycles. The second kappa shape index (κ2) is 7.42. The zero-order valence-electron chi connectivity index (χ0n) is 13.2. The van der Waals surface area contributed by atoms with Gasteiger partial charge in [-0.1, -0.05) is 24.3 Å². The van der Waals surface area contributed by atoms with Crippen LogP contribution in [0.3, 0.4) is 0 Å². The topological polar surface area (TPSA) is 58.6 Å². The lowest BCUT2D eigenvalue weighted by Crippen LogP contribution is -2.41. The van der Waals surface area contributed by atoms with E-state index in [0.717, 1.165) is 19.3 Å². The van der Waals surface area contributed by atoms with E-state index < -0.39 is 0 Å². The fraction of sp³-hybridized carbons (Fsp3) is 0.444. The summed E-state index contributed by atoms with van der Waals surface area (Å²) in [6.07, 6.45) is 6.73. The maximum Gasteiger partial charge on any atom is 0.256 e. The zero-order valence-corrected chi connectivity index (χ0v) is 13.2. The highest BCUT2D eigenvalue weighted by molar-refractivity contribution is 6.04. The van der Waals surface area contributed by atoms with E-state index in [1.165, 1.54) is 0 Å². The molecule has 0 aromatic heterocycles. The molecule has 1 aromatic carbocycles. The first-order valence-electron chi connectivity index (χ1n) is 8.17. The number of amides is 2. The van der Waals surface area contributed by atoms with E-state index in [-0.39, 0.29) is 17.7 Å². The van der Waals surface area contributed by atoms with Gasteiger partial charge in [-0.2, -0.15) is 0 Å². The van der Waals surface area contributed by atoms with Crippen LogP contribution in [0.15, 0.2) is 36.4 Å². The van der Waals surface area contributed by atoms with E-state index in [2.05, 4.69) is 17.5 Å². The molecule has 1 aliphatic heterocycles. The van der Waals surface area contributed by atoms with E-state index >= 15 is 0 Å². The van der Waals surface area contributed by atoms with E-state index in [9.17, 15) is 9.59 Å². The van der Waals surface area contributed by atoms with Gasteiger partial charge in [-0.15, -0.1) is 0 Å². The van der Waals surface area contributed by atoms with Crippen LogP contribution in [0.1, 0.15) is 29.6 Å². The van der Waals surface area contributed by atoms with Crippen molar-refractivity contribution in [3.05, 3.63) is 42.0 Å². The first kappa shape index (κ1) is 15.7. The molecule has 23 heavy (non-hydrogen) atoms. The van der Waals surface area contributed by atoms with Crippen molar-refractivity contribution in [1.29, 1.82) is 0 Å². The summed E-state index contributed by atoms with van der Waals surface area (Å²) < 4.78 is 5.29. The number of benzene rings is 1. The average Bonchev–Trinajstić information content (AvgIpc) is 2.63. The molecule has 1 atom stereocenters. The van der Waals surface area contributed by atoms with Gasteiger partial charge >= 0.3 is 0 Å². The lowest BCUT2D eigenvalue weighted by Gasteiger charge is -2.27.